The molecule has 1 aromatic carbocycles. The minimum atomic E-state index is -4.38. The molecule has 0 N–H and O–H groups in total. The fourth-order valence-electron chi connectivity index (χ4n) is 3.82. The number of carbonyl (C=O) groups is 1. The number of nitrogens with zero attached hydrogens (tertiary/aromatic N) is 4. The number of ether oxygens (including phenoxy) is 1. The molecule has 2 aromatic heterocycles. The Hall–Kier alpha value is -3.20. The van der Waals surface area contributed by atoms with E-state index in [-0.39, 0.29) is 12.5 Å². The lowest BCUT2D eigenvalue weighted by Crippen LogP contribution is -2.44. The predicted molar refractivity (Wildman–Crippen MR) is 111 cm³/mol. The minimum Gasteiger partial charge on any atom is -0.368 e. The van der Waals surface area contributed by atoms with E-state index in [0.717, 1.165) is 17.3 Å². The Bertz CT molecular complexity index is 1080. The van der Waals surface area contributed by atoms with Gasteiger partial charge in [0.1, 0.15) is 12.6 Å². The van der Waals surface area contributed by atoms with Gasteiger partial charge in [-0.1, -0.05) is 18.2 Å². The highest BCUT2D eigenvalue weighted by Crippen LogP contribution is 2.30. The summed E-state index contributed by atoms with van der Waals surface area (Å²) in [6.07, 6.45) is -1.08. The molecule has 0 saturated carbocycles. The minimum absolute atomic E-state index is 0.0566. The van der Waals surface area contributed by atoms with Crippen LogP contribution in [-0.4, -0.2) is 45.3 Å². The summed E-state index contributed by atoms with van der Waals surface area (Å²) in [5.74, 6) is -0.0566. The van der Waals surface area contributed by atoms with Crippen LogP contribution in [0.15, 0.2) is 54.9 Å². The second kappa shape index (κ2) is 9.12. The van der Waals surface area contributed by atoms with Crippen molar-refractivity contribution in [2.24, 2.45) is 0 Å². The molecule has 1 fully saturated rings. The van der Waals surface area contributed by atoms with Gasteiger partial charge in [0.05, 0.1) is 24.4 Å². The Morgan fingerprint density at radius 1 is 1.19 bits per heavy atom. The molecule has 32 heavy (non-hydrogen) atoms. The van der Waals surface area contributed by atoms with Crippen molar-refractivity contribution in [2.45, 2.75) is 32.2 Å². The zero-order valence-corrected chi connectivity index (χ0v) is 17.5. The molecule has 0 bridgehead atoms. The van der Waals surface area contributed by atoms with Crippen molar-refractivity contribution in [3.63, 3.8) is 0 Å². The Kier molecular flexibility index (Phi) is 6.27. The van der Waals surface area contributed by atoms with Gasteiger partial charge in [0.2, 0.25) is 5.91 Å². The molecule has 168 valence electrons. The van der Waals surface area contributed by atoms with Crippen LogP contribution in [0, 0.1) is 6.92 Å². The molecule has 0 radical (unpaired) electrons. The molecule has 0 aliphatic carbocycles. The molecule has 1 aliphatic heterocycles. The van der Waals surface area contributed by atoms with Crippen LogP contribution in [0.2, 0.25) is 0 Å². The quantitative estimate of drug-likeness (QED) is 0.601. The van der Waals surface area contributed by atoms with Gasteiger partial charge < -0.3 is 9.64 Å². The second-order valence-electron chi connectivity index (χ2n) is 7.82. The molecule has 1 unspecified atom stereocenters. The van der Waals surface area contributed by atoms with Gasteiger partial charge in [-0.3, -0.25) is 14.5 Å². The Labute approximate surface area is 183 Å². The van der Waals surface area contributed by atoms with Crippen molar-refractivity contribution in [1.82, 2.24) is 19.7 Å². The van der Waals surface area contributed by atoms with Crippen LogP contribution in [0.4, 0.5) is 13.2 Å². The van der Waals surface area contributed by atoms with Gasteiger partial charge >= 0.3 is 6.18 Å². The fraction of sp³-hybridized carbons (Fsp3) is 0.348. The maximum Gasteiger partial charge on any atom is 0.416 e. The van der Waals surface area contributed by atoms with Crippen LogP contribution < -0.4 is 0 Å². The molecule has 3 heterocycles. The van der Waals surface area contributed by atoms with Crippen molar-refractivity contribution < 1.29 is 22.7 Å². The van der Waals surface area contributed by atoms with Gasteiger partial charge in [-0.15, -0.1) is 0 Å². The Morgan fingerprint density at radius 2 is 2.03 bits per heavy atom. The molecule has 6 nitrogen and oxygen atoms in total. The van der Waals surface area contributed by atoms with E-state index in [9.17, 15) is 18.0 Å². The molecule has 3 aromatic rings. The highest BCUT2D eigenvalue weighted by molar-refractivity contribution is 5.76. The molecular weight excluding hydrogens is 421 g/mol. The standard InChI is InChI=1S/C23H23F3N4O2/c1-16-10-18(11-17-4-2-5-19(12-17)23(24,25)26)13-20(28-16)21-14-29(8-9-32-21)22(31)15-30-7-3-6-27-30/h2-7,10,12-13,21H,8-9,11,14-15H2,1H3. The first-order valence-corrected chi connectivity index (χ1v) is 10.3. The Balaban J connectivity index is 1.49. The number of pyridine rings is 1. The maximum absolute atomic E-state index is 13.0. The summed E-state index contributed by atoms with van der Waals surface area (Å²) in [5, 5.41) is 4.07. The molecule has 9 heteroatoms. The molecule has 1 aliphatic rings. The number of halogens is 3. The third-order valence-corrected chi connectivity index (χ3v) is 5.30. The first kappa shape index (κ1) is 22.0. The number of morpholine rings is 1. The molecule has 1 atom stereocenters. The summed E-state index contributed by atoms with van der Waals surface area (Å²) in [7, 11) is 0. The van der Waals surface area contributed by atoms with Gasteiger partial charge in [0, 0.05) is 24.6 Å². The number of hydrogen-bond donors (Lipinski definition) is 0. The average molecular weight is 444 g/mol. The lowest BCUT2D eigenvalue weighted by Gasteiger charge is -2.33. The number of amides is 1. The van der Waals surface area contributed by atoms with Crippen molar-refractivity contribution in [3.05, 3.63) is 82.9 Å². The van der Waals surface area contributed by atoms with Crippen LogP contribution in [0.3, 0.4) is 0 Å². The van der Waals surface area contributed by atoms with Crippen LogP contribution in [-0.2, 0) is 28.7 Å². The number of aromatic nitrogens is 3. The molecule has 1 amide bonds. The van der Waals surface area contributed by atoms with Crippen LogP contribution in [0.5, 0.6) is 0 Å². The van der Waals surface area contributed by atoms with Gasteiger partial charge in [-0.05, 0) is 48.7 Å². The van der Waals surface area contributed by atoms with Crippen LogP contribution >= 0.6 is 0 Å². The van der Waals surface area contributed by atoms with E-state index in [4.69, 9.17) is 4.74 Å². The second-order valence-corrected chi connectivity index (χ2v) is 7.82. The fourth-order valence-corrected chi connectivity index (χ4v) is 3.82. The van der Waals surface area contributed by atoms with E-state index in [0.29, 0.717) is 37.4 Å². The summed E-state index contributed by atoms with van der Waals surface area (Å²) in [5.41, 5.74) is 2.16. The van der Waals surface area contributed by atoms with E-state index in [2.05, 4.69) is 10.1 Å². The van der Waals surface area contributed by atoms with Gasteiger partial charge in [-0.2, -0.15) is 18.3 Å². The number of rotatable bonds is 5. The highest BCUT2D eigenvalue weighted by atomic mass is 19.4. The van der Waals surface area contributed by atoms with E-state index in [1.54, 1.807) is 34.1 Å². The highest BCUT2D eigenvalue weighted by Gasteiger charge is 2.30. The monoisotopic (exact) mass is 444 g/mol. The SMILES string of the molecule is Cc1cc(Cc2cccc(C(F)(F)F)c2)cc(C2CN(C(=O)Cn3cccn3)CCO2)n1. The number of aryl methyl sites for hydroxylation is 1. The van der Waals surface area contributed by atoms with Crippen molar-refractivity contribution in [1.29, 1.82) is 0 Å². The predicted octanol–water partition coefficient (Wildman–Crippen LogP) is 3.80. The van der Waals surface area contributed by atoms with E-state index < -0.39 is 17.8 Å². The van der Waals surface area contributed by atoms with E-state index in [1.165, 1.54) is 12.1 Å². The largest absolute Gasteiger partial charge is 0.416 e. The molecular formula is C23H23F3N4O2. The van der Waals surface area contributed by atoms with Gasteiger partial charge in [0.25, 0.3) is 0 Å². The topological polar surface area (TPSA) is 60.2 Å². The first-order chi connectivity index (χ1) is 15.3. The van der Waals surface area contributed by atoms with E-state index in [1.807, 2.05) is 19.1 Å². The third kappa shape index (κ3) is 5.34. The first-order valence-electron chi connectivity index (χ1n) is 10.3. The zero-order chi connectivity index (χ0) is 22.7. The van der Waals surface area contributed by atoms with E-state index >= 15 is 0 Å². The molecule has 1 saturated heterocycles. The third-order valence-electron chi connectivity index (χ3n) is 5.30. The summed E-state index contributed by atoms with van der Waals surface area (Å²) < 4.78 is 46.6. The number of benzene rings is 1. The number of alkyl halides is 3. The van der Waals surface area contributed by atoms with Crippen molar-refractivity contribution in [2.75, 3.05) is 19.7 Å². The smallest absolute Gasteiger partial charge is 0.368 e. The summed E-state index contributed by atoms with van der Waals surface area (Å²) in [4.78, 5) is 18.9. The van der Waals surface area contributed by atoms with Gasteiger partial charge in [-0.25, -0.2) is 0 Å². The van der Waals surface area contributed by atoms with Crippen LogP contribution in [0.1, 0.15) is 34.2 Å². The molecule has 0 spiro atoms. The number of carbonyl (C=O) groups excluding carboxylic acids is 1. The maximum atomic E-state index is 13.0. The normalized spacial score (nSPS) is 16.9. The van der Waals surface area contributed by atoms with Crippen molar-refractivity contribution in [3.8, 4) is 0 Å². The summed E-state index contributed by atoms with van der Waals surface area (Å²) in [6, 6.07) is 10.8. The zero-order valence-electron chi connectivity index (χ0n) is 17.5. The Morgan fingerprint density at radius 3 is 2.78 bits per heavy atom. The molecule has 4 rings (SSSR count). The average Bonchev–Trinajstić information content (AvgIpc) is 3.26. The van der Waals surface area contributed by atoms with Crippen LogP contribution in [0.25, 0.3) is 0 Å². The number of hydrogen-bond acceptors (Lipinski definition) is 4. The summed E-state index contributed by atoms with van der Waals surface area (Å²) >= 11 is 0. The lowest BCUT2D eigenvalue weighted by atomic mass is 10.0. The lowest BCUT2D eigenvalue weighted by molar-refractivity contribution is -0.140. The summed E-state index contributed by atoms with van der Waals surface area (Å²) in [6.45, 7) is 3.22. The van der Waals surface area contributed by atoms with Crippen molar-refractivity contribution >= 4 is 5.91 Å². The van der Waals surface area contributed by atoms with Gasteiger partial charge in [0.15, 0.2) is 0 Å².